The Morgan fingerprint density at radius 3 is 2.63 bits per heavy atom. The fourth-order valence-electron chi connectivity index (χ4n) is 7.21. The fraction of sp³-hybridized carbons (Fsp3) is 0.351. The van der Waals surface area contributed by atoms with E-state index in [4.69, 9.17) is 24.5 Å². The summed E-state index contributed by atoms with van der Waals surface area (Å²) >= 11 is 0. The van der Waals surface area contributed by atoms with Crippen LogP contribution in [-0.4, -0.2) is 62.0 Å². The van der Waals surface area contributed by atoms with Gasteiger partial charge in [-0.3, -0.25) is 9.48 Å². The number of carbonyl (C=O) groups is 1. The molecule has 254 valence electrons. The molecule has 3 aromatic heterocycles. The lowest BCUT2D eigenvalue weighted by Crippen LogP contribution is -2.42. The predicted octanol–water partition coefficient (Wildman–Crippen LogP) is 7.38. The van der Waals surface area contributed by atoms with Crippen LogP contribution in [0.4, 0.5) is 13.2 Å². The molecule has 9 nitrogen and oxygen atoms in total. The number of pyridine rings is 1. The second-order valence-electron chi connectivity index (χ2n) is 12.7. The predicted molar refractivity (Wildman–Crippen MR) is 180 cm³/mol. The summed E-state index contributed by atoms with van der Waals surface area (Å²) in [6, 6.07) is 8.92. The number of alkyl halides is 1. The largest absolute Gasteiger partial charge is 0.490 e. The highest BCUT2D eigenvalue weighted by atomic mass is 19.1. The van der Waals surface area contributed by atoms with E-state index in [0.29, 0.717) is 29.9 Å². The maximum atomic E-state index is 16.4. The van der Waals surface area contributed by atoms with Crippen LogP contribution in [-0.2, 0) is 23.0 Å². The fourth-order valence-corrected chi connectivity index (χ4v) is 7.21. The molecule has 1 amide bonds. The van der Waals surface area contributed by atoms with Crippen molar-refractivity contribution in [3.63, 3.8) is 0 Å². The van der Waals surface area contributed by atoms with Gasteiger partial charge in [-0.2, -0.15) is 5.10 Å². The smallest absolute Gasteiger partial charge is 0.246 e. The van der Waals surface area contributed by atoms with Crippen molar-refractivity contribution in [2.75, 3.05) is 26.9 Å². The minimum Gasteiger partial charge on any atom is -0.490 e. The van der Waals surface area contributed by atoms with Crippen molar-refractivity contribution in [1.29, 1.82) is 0 Å². The number of methoxy groups -OCH3 is 1. The molecule has 0 N–H and O–H groups in total. The summed E-state index contributed by atoms with van der Waals surface area (Å²) in [5.41, 5.74) is 5.27. The zero-order valence-electron chi connectivity index (χ0n) is 28.1. The van der Waals surface area contributed by atoms with Gasteiger partial charge in [0.05, 0.1) is 52.4 Å². The molecule has 0 unspecified atom stereocenters. The first kappa shape index (κ1) is 32.6. The Hall–Kier alpha value is -4.97. The second kappa shape index (κ2) is 12.5. The Labute approximate surface area is 282 Å². The standard InChI is InChI=1S/C37H37F3N6O3/c1-7-32(47)45-18-19(2)46-30(20(45)3)17-28(43-46)37-35(34-26(40)15-23(38)16-31(34)49-13-12-48-6)33-24(9-10-25(33)39)36(42-37)22-8-11-29-27(14-22)41-21(4)44(29)5/h7-8,11,14-17,19-20,25H,1,9-10,12-13,18H2,2-6H3/t19-,20+,25-/m0/s1. The average Bonchev–Trinajstić information content (AvgIpc) is 3.77. The first-order valence-corrected chi connectivity index (χ1v) is 16.3. The number of halogens is 3. The van der Waals surface area contributed by atoms with Crippen molar-refractivity contribution in [2.24, 2.45) is 7.05 Å². The molecule has 0 saturated heterocycles. The summed E-state index contributed by atoms with van der Waals surface area (Å²) in [4.78, 5) is 24.4. The third-order valence-electron chi connectivity index (χ3n) is 9.73. The highest BCUT2D eigenvalue weighted by Crippen LogP contribution is 2.51. The van der Waals surface area contributed by atoms with Crippen LogP contribution in [0.15, 0.2) is 49.1 Å². The van der Waals surface area contributed by atoms with Gasteiger partial charge < -0.3 is 18.9 Å². The number of fused-ring (bicyclic) bond motifs is 3. The van der Waals surface area contributed by atoms with E-state index in [-0.39, 0.29) is 65.8 Å². The van der Waals surface area contributed by atoms with E-state index in [1.165, 1.54) is 13.2 Å². The van der Waals surface area contributed by atoms with Crippen molar-refractivity contribution >= 4 is 16.9 Å². The normalized spacial score (nSPS) is 18.5. The Kier molecular flexibility index (Phi) is 8.30. The maximum absolute atomic E-state index is 16.4. The lowest BCUT2D eigenvalue weighted by molar-refractivity contribution is -0.129. The summed E-state index contributed by atoms with van der Waals surface area (Å²) in [6.45, 7) is 10.0. The molecule has 1 aliphatic carbocycles. The number of aromatic nitrogens is 5. The Bertz CT molecular complexity index is 2140. The van der Waals surface area contributed by atoms with Gasteiger partial charge in [0.2, 0.25) is 5.91 Å². The number of imidazole rings is 1. The van der Waals surface area contributed by atoms with Gasteiger partial charge in [0.25, 0.3) is 0 Å². The topological polar surface area (TPSA) is 87.3 Å². The van der Waals surface area contributed by atoms with Crippen LogP contribution in [0.5, 0.6) is 5.75 Å². The SMILES string of the molecule is C=CC(=O)N1C[C@H](C)n2nc(-c3nc(-c4ccc5c(c4)nc(C)n5C)c4c(c3-c3c(F)cc(F)cc3OCCOC)[C@@H](F)CC4)cc2[C@H]1C. The molecular formula is C37H37F3N6O3. The van der Waals surface area contributed by atoms with Crippen molar-refractivity contribution in [3.8, 4) is 39.5 Å². The Morgan fingerprint density at radius 2 is 1.88 bits per heavy atom. The number of ether oxygens (including phenoxy) is 2. The van der Waals surface area contributed by atoms with E-state index in [0.717, 1.165) is 40.2 Å². The van der Waals surface area contributed by atoms with E-state index in [9.17, 15) is 9.18 Å². The minimum absolute atomic E-state index is 0.0129. The van der Waals surface area contributed by atoms with E-state index in [1.807, 2.05) is 61.3 Å². The van der Waals surface area contributed by atoms with E-state index in [2.05, 4.69) is 6.58 Å². The van der Waals surface area contributed by atoms with Crippen LogP contribution in [0.3, 0.4) is 0 Å². The minimum atomic E-state index is -1.46. The van der Waals surface area contributed by atoms with Crippen molar-refractivity contribution in [3.05, 3.63) is 83.3 Å². The van der Waals surface area contributed by atoms with Gasteiger partial charge in [0.15, 0.2) is 0 Å². The van der Waals surface area contributed by atoms with E-state index < -0.39 is 17.8 Å². The lowest BCUT2D eigenvalue weighted by Gasteiger charge is -2.36. The summed E-state index contributed by atoms with van der Waals surface area (Å²) in [5.74, 6) is -1.21. The summed E-state index contributed by atoms with van der Waals surface area (Å²) in [6.07, 6.45) is 0.353. The van der Waals surface area contributed by atoms with Crippen LogP contribution in [0, 0.1) is 18.6 Å². The molecule has 5 aromatic rings. The van der Waals surface area contributed by atoms with Gasteiger partial charge in [-0.1, -0.05) is 12.6 Å². The van der Waals surface area contributed by atoms with E-state index >= 15 is 8.78 Å². The quantitative estimate of drug-likeness (QED) is 0.127. The molecule has 12 heteroatoms. The van der Waals surface area contributed by atoms with Crippen LogP contribution >= 0.6 is 0 Å². The number of nitrogens with zero attached hydrogens (tertiary/aromatic N) is 6. The molecule has 0 fully saturated rings. The van der Waals surface area contributed by atoms with Gasteiger partial charge in [0, 0.05) is 49.5 Å². The third kappa shape index (κ3) is 5.38. The number of hydrogen-bond acceptors (Lipinski definition) is 6. The summed E-state index contributed by atoms with van der Waals surface area (Å²) < 4.78 is 62.1. The lowest BCUT2D eigenvalue weighted by atomic mass is 9.90. The van der Waals surface area contributed by atoms with Crippen molar-refractivity contribution in [2.45, 2.75) is 51.9 Å². The monoisotopic (exact) mass is 670 g/mol. The molecule has 4 heterocycles. The molecule has 7 rings (SSSR count). The van der Waals surface area contributed by atoms with Gasteiger partial charge in [-0.05, 0) is 63.5 Å². The van der Waals surface area contributed by atoms with Crippen LogP contribution in [0.25, 0.3) is 44.8 Å². The van der Waals surface area contributed by atoms with Crippen molar-refractivity contribution < 1.29 is 27.4 Å². The summed E-state index contributed by atoms with van der Waals surface area (Å²) in [7, 11) is 3.43. The zero-order valence-corrected chi connectivity index (χ0v) is 28.1. The van der Waals surface area contributed by atoms with Crippen molar-refractivity contribution in [1.82, 2.24) is 29.2 Å². The number of rotatable bonds is 8. The van der Waals surface area contributed by atoms with E-state index in [1.54, 1.807) is 4.90 Å². The van der Waals surface area contributed by atoms with Crippen LogP contribution in [0.2, 0.25) is 0 Å². The van der Waals surface area contributed by atoms with Gasteiger partial charge in [-0.25, -0.2) is 23.1 Å². The molecular weight excluding hydrogens is 633 g/mol. The highest BCUT2D eigenvalue weighted by molar-refractivity contribution is 5.91. The summed E-state index contributed by atoms with van der Waals surface area (Å²) in [5, 5.41) is 4.96. The Morgan fingerprint density at radius 1 is 1.08 bits per heavy atom. The van der Waals surface area contributed by atoms with Gasteiger partial charge in [0.1, 0.15) is 41.7 Å². The molecule has 1 aliphatic heterocycles. The van der Waals surface area contributed by atoms with Gasteiger partial charge >= 0.3 is 0 Å². The molecule has 0 bridgehead atoms. The molecule has 0 saturated carbocycles. The second-order valence-corrected chi connectivity index (χ2v) is 12.7. The molecule has 2 aliphatic rings. The first-order valence-electron chi connectivity index (χ1n) is 16.3. The van der Waals surface area contributed by atoms with Crippen LogP contribution < -0.4 is 4.74 Å². The maximum Gasteiger partial charge on any atom is 0.246 e. The Balaban J connectivity index is 1.53. The number of amides is 1. The number of aryl methyl sites for hydroxylation is 2. The third-order valence-corrected chi connectivity index (χ3v) is 9.73. The number of carbonyl (C=O) groups excluding carboxylic acids is 1. The average molecular weight is 671 g/mol. The molecule has 2 aromatic carbocycles. The number of benzene rings is 2. The molecule has 0 radical (unpaired) electrons. The number of hydrogen-bond donors (Lipinski definition) is 0. The van der Waals surface area contributed by atoms with Gasteiger partial charge in [-0.15, -0.1) is 0 Å². The molecule has 3 atom stereocenters. The highest BCUT2D eigenvalue weighted by Gasteiger charge is 2.37. The first-order chi connectivity index (χ1) is 23.5. The molecule has 49 heavy (non-hydrogen) atoms. The molecule has 0 spiro atoms. The van der Waals surface area contributed by atoms with Crippen LogP contribution in [0.1, 0.15) is 61.2 Å². The zero-order chi connectivity index (χ0) is 34.7.